The number of ether oxygens (including phenoxy) is 4. The van der Waals surface area contributed by atoms with Crippen molar-refractivity contribution >= 4 is 5.76 Å². The minimum atomic E-state index is -0.300. The molecule has 0 spiro atoms. The molecule has 2 saturated heterocycles. The molecule has 4 heteroatoms. The Morgan fingerprint density at radius 3 is 2.62 bits per heavy atom. The molecule has 4 nitrogen and oxygen atoms in total. The zero-order chi connectivity index (χ0) is 14.3. The van der Waals surface area contributed by atoms with E-state index in [0.717, 1.165) is 31.0 Å². The third-order valence-electron chi connectivity index (χ3n) is 4.26. The van der Waals surface area contributed by atoms with Gasteiger partial charge in [-0.25, -0.2) is 0 Å². The van der Waals surface area contributed by atoms with E-state index < -0.39 is 0 Å². The van der Waals surface area contributed by atoms with Crippen LogP contribution >= 0.6 is 0 Å². The highest BCUT2D eigenvalue weighted by molar-refractivity contribution is 5.66. The van der Waals surface area contributed by atoms with E-state index in [1.54, 1.807) is 0 Å². The fourth-order valence-corrected chi connectivity index (χ4v) is 2.73. The fourth-order valence-electron chi connectivity index (χ4n) is 2.73. The van der Waals surface area contributed by atoms with Gasteiger partial charge in [0, 0.05) is 12.0 Å². The van der Waals surface area contributed by atoms with Gasteiger partial charge in [0.2, 0.25) is 0 Å². The maximum absolute atomic E-state index is 6.16. The number of fused-ring (bicyclic) bond motifs is 1. The monoisotopic (exact) mass is 288 g/mol. The summed E-state index contributed by atoms with van der Waals surface area (Å²) >= 11 is 0. The average molecular weight is 288 g/mol. The van der Waals surface area contributed by atoms with Gasteiger partial charge in [0.25, 0.3) is 0 Å². The van der Waals surface area contributed by atoms with Gasteiger partial charge in [0.1, 0.15) is 24.6 Å². The molecular formula is C17H20O4. The molecule has 3 aliphatic rings. The molecule has 3 unspecified atom stereocenters. The molecule has 0 aromatic heterocycles. The predicted octanol–water partition coefficient (Wildman–Crippen LogP) is 2.48. The Labute approximate surface area is 124 Å². The van der Waals surface area contributed by atoms with E-state index in [9.17, 15) is 0 Å². The van der Waals surface area contributed by atoms with E-state index in [1.807, 2.05) is 6.07 Å². The van der Waals surface area contributed by atoms with E-state index in [4.69, 9.17) is 18.9 Å². The van der Waals surface area contributed by atoms with Crippen LogP contribution in [0.25, 0.3) is 5.76 Å². The van der Waals surface area contributed by atoms with E-state index in [-0.39, 0.29) is 17.8 Å². The third kappa shape index (κ3) is 2.84. The standard InChI is InChI=1S/C17H20O4/c1-17(21-11-13-9-19-13)7-6-16(20-10-12-8-18-12)14-4-2-3-5-15(14)17/h2-6,12-13H,7-11H2,1H3. The predicted molar refractivity (Wildman–Crippen MR) is 77.8 cm³/mol. The van der Waals surface area contributed by atoms with Crippen LogP contribution in [0.2, 0.25) is 0 Å². The molecule has 112 valence electrons. The van der Waals surface area contributed by atoms with Crippen molar-refractivity contribution in [2.45, 2.75) is 31.2 Å². The molecular weight excluding hydrogens is 268 g/mol. The molecule has 0 amide bonds. The molecule has 1 aromatic rings. The Bertz CT molecular complexity index is 560. The summed E-state index contributed by atoms with van der Waals surface area (Å²) in [5, 5.41) is 0. The van der Waals surface area contributed by atoms with Crippen LogP contribution in [0.1, 0.15) is 24.5 Å². The first-order valence-electron chi connectivity index (χ1n) is 7.55. The number of hydrogen-bond acceptors (Lipinski definition) is 4. The van der Waals surface area contributed by atoms with Crippen LogP contribution in [-0.4, -0.2) is 38.6 Å². The lowest BCUT2D eigenvalue weighted by Crippen LogP contribution is -2.31. The maximum atomic E-state index is 6.16. The van der Waals surface area contributed by atoms with Crippen LogP contribution in [-0.2, 0) is 24.5 Å². The van der Waals surface area contributed by atoms with Crippen molar-refractivity contribution in [2.75, 3.05) is 26.4 Å². The van der Waals surface area contributed by atoms with Crippen LogP contribution in [0.4, 0.5) is 0 Å². The van der Waals surface area contributed by atoms with Crippen LogP contribution in [0.15, 0.2) is 30.3 Å². The molecule has 1 aliphatic carbocycles. The molecule has 3 atom stereocenters. The number of rotatable bonds is 6. The molecule has 21 heavy (non-hydrogen) atoms. The summed E-state index contributed by atoms with van der Waals surface area (Å²) in [6, 6.07) is 8.33. The summed E-state index contributed by atoms with van der Waals surface area (Å²) in [5.74, 6) is 0.949. The zero-order valence-corrected chi connectivity index (χ0v) is 12.2. The number of epoxide rings is 2. The van der Waals surface area contributed by atoms with Gasteiger partial charge >= 0.3 is 0 Å². The average Bonchev–Trinajstić information content (AvgIpc) is 3.39. The lowest BCUT2D eigenvalue weighted by molar-refractivity contribution is -0.0424. The van der Waals surface area contributed by atoms with Crippen LogP contribution in [0.5, 0.6) is 0 Å². The van der Waals surface area contributed by atoms with Crippen molar-refractivity contribution in [3.63, 3.8) is 0 Å². The molecule has 2 aliphatic heterocycles. The summed E-state index contributed by atoms with van der Waals surface area (Å²) in [6.07, 6.45) is 3.51. The highest BCUT2D eigenvalue weighted by atomic mass is 16.6. The van der Waals surface area contributed by atoms with E-state index in [2.05, 4.69) is 31.2 Å². The third-order valence-corrected chi connectivity index (χ3v) is 4.26. The van der Waals surface area contributed by atoms with Gasteiger partial charge in [-0.3, -0.25) is 0 Å². The van der Waals surface area contributed by atoms with Crippen LogP contribution in [0, 0.1) is 0 Å². The Kier molecular flexibility index (Phi) is 3.25. The van der Waals surface area contributed by atoms with Gasteiger partial charge in [-0.2, -0.15) is 0 Å². The summed E-state index contributed by atoms with van der Waals surface area (Å²) in [5.41, 5.74) is 2.02. The van der Waals surface area contributed by atoms with Crippen LogP contribution in [0.3, 0.4) is 0 Å². The maximum Gasteiger partial charge on any atom is 0.123 e. The summed E-state index contributed by atoms with van der Waals surface area (Å²) in [4.78, 5) is 0. The first kappa shape index (κ1) is 13.3. The Morgan fingerprint density at radius 1 is 1.14 bits per heavy atom. The highest BCUT2D eigenvalue weighted by Gasteiger charge is 2.36. The van der Waals surface area contributed by atoms with Crippen molar-refractivity contribution in [3.05, 3.63) is 41.5 Å². The Balaban J connectivity index is 1.55. The SMILES string of the molecule is CC1(OCC2CO2)CC=C(OCC2CO2)c2ccccc21. The molecule has 0 radical (unpaired) electrons. The van der Waals surface area contributed by atoms with Crippen molar-refractivity contribution in [2.24, 2.45) is 0 Å². The molecule has 0 bridgehead atoms. The topological polar surface area (TPSA) is 43.5 Å². The van der Waals surface area contributed by atoms with Crippen molar-refractivity contribution < 1.29 is 18.9 Å². The second-order valence-corrected chi connectivity index (χ2v) is 6.08. The summed E-state index contributed by atoms with van der Waals surface area (Å²) in [7, 11) is 0. The Morgan fingerprint density at radius 2 is 1.86 bits per heavy atom. The molecule has 4 rings (SSSR count). The fraction of sp³-hybridized carbons (Fsp3) is 0.529. The second kappa shape index (κ2) is 5.13. The van der Waals surface area contributed by atoms with E-state index in [1.165, 1.54) is 5.56 Å². The summed E-state index contributed by atoms with van der Waals surface area (Å²) in [6.45, 7) is 5.07. The number of hydrogen-bond donors (Lipinski definition) is 0. The first-order valence-corrected chi connectivity index (χ1v) is 7.55. The Hall–Kier alpha value is -1.36. The number of benzene rings is 1. The van der Waals surface area contributed by atoms with Crippen LogP contribution < -0.4 is 0 Å². The second-order valence-electron chi connectivity index (χ2n) is 6.08. The normalized spacial score (nSPS) is 33.1. The molecule has 1 aromatic carbocycles. The van der Waals surface area contributed by atoms with Crippen molar-refractivity contribution in [1.29, 1.82) is 0 Å². The quantitative estimate of drug-likeness (QED) is 0.754. The van der Waals surface area contributed by atoms with Gasteiger partial charge in [-0.05, 0) is 18.6 Å². The van der Waals surface area contributed by atoms with E-state index >= 15 is 0 Å². The first-order chi connectivity index (χ1) is 10.2. The lowest BCUT2D eigenvalue weighted by Gasteiger charge is -2.35. The smallest absolute Gasteiger partial charge is 0.123 e. The highest BCUT2D eigenvalue weighted by Crippen LogP contribution is 2.41. The lowest BCUT2D eigenvalue weighted by atomic mass is 9.83. The van der Waals surface area contributed by atoms with E-state index in [0.29, 0.717) is 13.2 Å². The largest absolute Gasteiger partial charge is 0.490 e. The van der Waals surface area contributed by atoms with Gasteiger partial charge in [0.05, 0.1) is 25.4 Å². The van der Waals surface area contributed by atoms with Crippen molar-refractivity contribution in [3.8, 4) is 0 Å². The minimum absolute atomic E-state index is 0.273. The van der Waals surface area contributed by atoms with Gasteiger partial charge in [-0.1, -0.05) is 24.3 Å². The zero-order valence-electron chi connectivity index (χ0n) is 12.2. The molecule has 0 saturated carbocycles. The molecule has 2 fully saturated rings. The van der Waals surface area contributed by atoms with Gasteiger partial charge in [-0.15, -0.1) is 0 Å². The van der Waals surface area contributed by atoms with Crippen molar-refractivity contribution in [1.82, 2.24) is 0 Å². The summed E-state index contributed by atoms with van der Waals surface area (Å²) < 4.78 is 22.5. The van der Waals surface area contributed by atoms with Gasteiger partial charge in [0.15, 0.2) is 0 Å². The minimum Gasteiger partial charge on any atom is -0.490 e. The molecule has 2 heterocycles. The van der Waals surface area contributed by atoms with Gasteiger partial charge < -0.3 is 18.9 Å². The molecule has 0 N–H and O–H groups in total.